The summed E-state index contributed by atoms with van der Waals surface area (Å²) >= 11 is 0. The molecule has 6 nitrogen and oxygen atoms in total. The van der Waals surface area contributed by atoms with Crippen molar-refractivity contribution in [3.8, 4) is 55.6 Å². The summed E-state index contributed by atoms with van der Waals surface area (Å²) in [6.07, 6.45) is 12.5. The van der Waals surface area contributed by atoms with Gasteiger partial charge in [0.2, 0.25) is 0 Å². The van der Waals surface area contributed by atoms with E-state index in [1.54, 1.807) is 6.07 Å². The quantitative estimate of drug-likeness (QED) is 0.0528. The van der Waals surface area contributed by atoms with Crippen LogP contribution >= 0.6 is 0 Å². The first-order chi connectivity index (χ1) is 37.3. The van der Waals surface area contributed by atoms with Crippen molar-refractivity contribution in [1.29, 1.82) is 0 Å². The third-order valence-electron chi connectivity index (χ3n) is 15.9. The van der Waals surface area contributed by atoms with Gasteiger partial charge >= 0.3 is 0 Å². The minimum atomic E-state index is -0.579. The molecule has 0 aromatic heterocycles. The lowest BCUT2D eigenvalue weighted by atomic mass is 9.90. The zero-order valence-electron chi connectivity index (χ0n) is 46.7. The number of ketones is 2. The first kappa shape index (κ1) is 56.8. The van der Waals surface area contributed by atoms with Crippen LogP contribution in [0.2, 0.25) is 0 Å². The van der Waals surface area contributed by atoms with E-state index >= 15 is 4.39 Å². The highest BCUT2D eigenvalue weighted by atomic mass is 19.1. The summed E-state index contributed by atoms with van der Waals surface area (Å²) in [5.74, 6) is 0.0480. The number of hydrogen-bond donors (Lipinski definition) is 0. The maximum Gasteiger partial charge on any atom is 0.182 e. The van der Waals surface area contributed by atoms with E-state index in [2.05, 4.69) is 109 Å². The molecule has 0 unspecified atom stereocenters. The molecule has 2 saturated heterocycles. The molecule has 2 aliphatic rings. The summed E-state index contributed by atoms with van der Waals surface area (Å²) in [5.41, 5.74) is 13.3. The van der Waals surface area contributed by atoms with E-state index in [9.17, 15) is 9.59 Å². The van der Waals surface area contributed by atoms with Crippen molar-refractivity contribution in [2.24, 2.45) is 0 Å². The molecule has 0 spiro atoms. The van der Waals surface area contributed by atoms with E-state index in [1.807, 2.05) is 100 Å². The molecule has 0 bridgehead atoms. The summed E-state index contributed by atoms with van der Waals surface area (Å²) in [6.45, 7) is 18.3. The van der Waals surface area contributed by atoms with Crippen LogP contribution in [-0.4, -0.2) is 85.1 Å². The lowest BCUT2D eigenvalue weighted by molar-refractivity contribution is -0.00442. The van der Waals surface area contributed by atoms with E-state index in [1.165, 1.54) is 80.0 Å². The van der Waals surface area contributed by atoms with E-state index in [4.69, 9.17) is 9.47 Å². The smallest absolute Gasteiger partial charge is 0.182 e. The maximum atomic E-state index is 15.2. The molecule has 2 aliphatic heterocycles. The molecule has 0 radical (unpaired) electrons. The van der Waals surface area contributed by atoms with Crippen LogP contribution in [0.25, 0.3) is 55.6 Å². The van der Waals surface area contributed by atoms with Crippen LogP contribution < -0.4 is 0 Å². The lowest BCUT2D eigenvalue weighted by Gasteiger charge is -2.39. The first-order valence-corrected chi connectivity index (χ1v) is 28.5. The monoisotopic (exact) mass is 1030 g/mol. The Morgan fingerprint density at radius 1 is 0.403 bits per heavy atom. The molecule has 0 saturated carbocycles. The Hall–Kier alpha value is -6.35. The van der Waals surface area contributed by atoms with Crippen molar-refractivity contribution >= 4 is 11.6 Å². The largest absolute Gasteiger partial charge is 0.379 e. The molecule has 9 rings (SSSR count). The van der Waals surface area contributed by atoms with E-state index in [0.29, 0.717) is 37.6 Å². The van der Waals surface area contributed by atoms with Gasteiger partial charge in [0.25, 0.3) is 0 Å². The Balaban J connectivity index is 0.000000205. The minimum Gasteiger partial charge on any atom is -0.379 e. The van der Waals surface area contributed by atoms with Gasteiger partial charge in [0.1, 0.15) is 5.82 Å². The number of rotatable bonds is 21. The number of halogens is 1. The van der Waals surface area contributed by atoms with Gasteiger partial charge in [-0.25, -0.2) is 4.39 Å². The number of benzene rings is 7. The average molecular weight is 1030 g/mol. The standard InChI is InChI=1S/C37H40FNO2.C33H41NO2/c1-4-5-6-7-27-8-10-30(11-9-27)33-20-21-34(35(38)26-33)31-16-12-28(13-17-31)29-14-18-32(19-15-29)36(40)37(2,3)39-22-24-41-25-23-39;1-4-5-6-7-8-9-26-10-12-27(13-11-26)28-14-16-29(17-15-28)30-18-20-31(21-19-30)32(35)33(2,3)34-22-24-36-25-23-34/h8-21,26H,4-7,22-25H2,1-3H3;10-21H,4-9,22-25H2,1-3H3. The SMILES string of the molecule is CCCCCCCc1ccc(-c2ccc(-c3ccc(C(=O)C(C)(C)N4CCOCC4)cc3)cc2)cc1.CCCCCc1ccc(-c2ccc(-c3ccc(-c4ccc(C(=O)C(C)(C)N5CCOCC5)cc4)cc3)c(F)c2)cc1. The number of morpholine rings is 2. The molecule has 2 fully saturated rings. The van der Waals surface area contributed by atoms with Crippen LogP contribution in [0.15, 0.2) is 164 Å². The highest BCUT2D eigenvalue weighted by Crippen LogP contribution is 2.32. The molecule has 0 atom stereocenters. The van der Waals surface area contributed by atoms with E-state index in [-0.39, 0.29) is 17.4 Å². The fourth-order valence-electron chi connectivity index (χ4n) is 10.7. The molecule has 0 amide bonds. The summed E-state index contributed by atoms with van der Waals surface area (Å²) in [6, 6.07) is 55.5. The van der Waals surface area contributed by atoms with Gasteiger partial charge in [-0.2, -0.15) is 0 Å². The van der Waals surface area contributed by atoms with Gasteiger partial charge in [-0.1, -0.05) is 210 Å². The molecule has 77 heavy (non-hydrogen) atoms. The minimum absolute atomic E-state index is 0.114. The van der Waals surface area contributed by atoms with E-state index < -0.39 is 11.1 Å². The Bertz CT molecular complexity index is 2950. The van der Waals surface area contributed by atoms with Gasteiger partial charge in [0, 0.05) is 42.9 Å². The summed E-state index contributed by atoms with van der Waals surface area (Å²) < 4.78 is 26.2. The van der Waals surface area contributed by atoms with Crippen LogP contribution in [-0.2, 0) is 22.3 Å². The molecule has 2 heterocycles. The van der Waals surface area contributed by atoms with Crippen LogP contribution in [0.5, 0.6) is 0 Å². The first-order valence-electron chi connectivity index (χ1n) is 28.5. The number of nitrogens with zero attached hydrogens (tertiary/aromatic N) is 2. The summed E-state index contributed by atoms with van der Waals surface area (Å²) in [5, 5.41) is 0. The van der Waals surface area contributed by atoms with Crippen molar-refractivity contribution in [1.82, 2.24) is 9.80 Å². The average Bonchev–Trinajstić information content (AvgIpc) is 3.48. The van der Waals surface area contributed by atoms with Crippen molar-refractivity contribution in [2.45, 2.75) is 117 Å². The van der Waals surface area contributed by atoms with Gasteiger partial charge in [0.05, 0.1) is 37.5 Å². The fraction of sp³-hybridized carbons (Fsp3) is 0.371. The molecule has 402 valence electrons. The Morgan fingerprint density at radius 2 is 0.701 bits per heavy atom. The number of hydrogen-bond acceptors (Lipinski definition) is 6. The van der Waals surface area contributed by atoms with Crippen LogP contribution in [0.3, 0.4) is 0 Å². The van der Waals surface area contributed by atoms with Crippen molar-refractivity contribution in [2.75, 3.05) is 52.6 Å². The van der Waals surface area contributed by atoms with Crippen LogP contribution in [0.1, 0.15) is 125 Å². The summed E-state index contributed by atoms with van der Waals surface area (Å²) in [4.78, 5) is 31.0. The zero-order valence-corrected chi connectivity index (χ0v) is 46.7. The van der Waals surface area contributed by atoms with Gasteiger partial charge in [-0.3, -0.25) is 19.4 Å². The predicted octanol–water partition coefficient (Wildman–Crippen LogP) is 16.7. The number of Topliss-reactive ketones (excluding diaryl/α,β-unsaturated/α-hetero) is 2. The highest BCUT2D eigenvalue weighted by molar-refractivity contribution is 6.03. The van der Waals surface area contributed by atoms with Crippen molar-refractivity contribution in [3.63, 3.8) is 0 Å². The molecule has 0 N–H and O–H groups in total. The van der Waals surface area contributed by atoms with Gasteiger partial charge in [0.15, 0.2) is 11.6 Å². The predicted molar refractivity (Wildman–Crippen MR) is 317 cm³/mol. The second-order valence-electron chi connectivity index (χ2n) is 22.0. The zero-order chi connectivity index (χ0) is 54.2. The molecule has 7 aromatic carbocycles. The number of aryl methyl sites for hydroxylation is 2. The van der Waals surface area contributed by atoms with Gasteiger partial charge < -0.3 is 9.47 Å². The number of unbranched alkanes of at least 4 members (excludes halogenated alkanes) is 6. The number of ether oxygens (including phenoxy) is 2. The van der Waals surface area contributed by atoms with Gasteiger partial charge in [-0.05, 0) is 121 Å². The van der Waals surface area contributed by atoms with Crippen LogP contribution in [0.4, 0.5) is 4.39 Å². The van der Waals surface area contributed by atoms with Gasteiger partial charge in [-0.15, -0.1) is 0 Å². The third kappa shape index (κ3) is 14.8. The van der Waals surface area contributed by atoms with Crippen LogP contribution in [0, 0.1) is 5.82 Å². The normalized spacial score (nSPS) is 14.4. The molecule has 7 heteroatoms. The van der Waals surface area contributed by atoms with Crippen molar-refractivity contribution in [3.05, 3.63) is 192 Å². The second-order valence-corrected chi connectivity index (χ2v) is 22.0. The topological polar surface area (TPSA) is 59.1 Å². The van der Waals surface area contributed by atoms with E-state index in [0.717, 1.165) is 77.1 Å². The molecule has 0 aliphatic carbocycles. The maximum absolute atomic E-state index is 15.2. The second kappa shape index (κ2) is 27.3. The van der Waals surface area contributed by atoms with Crippen molar-refractivity contribution < 1.29 is 23.5 Å². The molecular formula is C70H81FN2O4. The lowest BCUT2D eigenvalue weighted by Crippen LogP contribution is -2.54. The Morgan fingerprint density at radius 3 is 1.08 bits per heavy atom. The fourth-order valence-corrected chi connectivity index (χ4v) is 10.7. The Labute approximate surface area is 459 Å². The third-order valence-corrected chi connectivity index (χ3v) is 15.9. The highest BCUT2D eigenvalue weighted by Gasteiger charge is 2.37. The number of carbonyl (C=O) groups excluding carboxylic acids is 2. The number of carbonyl (C=O) groups is 2. The summed E-state index contributed by atoms with van der Waals surface area (Å²) in [7, 11) is 0. The molecule has 7 aromatic rings. The Kier molecular flexibility index (Phi) is 20.2. The molecular weight excluding hydrogens is 952 g/mol.